The van der Waals surface area contributed by atoms with Gasteiger partial charge in [-0.05, 0) is 56.3 Å². The van der Waals surface area contributed by atoms with Gasteiger partial charge < -0.3 is 4.74 Å². The van der Waals surface area contributed by atoms with E-state index in [0.29, 0.717) is 36.8 Å². The van der Waals surface area contributed by atoms with E-state index in [2.05, 4.69) is 25.5 Å². The molecule has 33 heavy (non-hydrogen) atoms. The molecule has 0 aromatic heterocycles. The van der Waals surface area contributed by atoms with Gasteiger partial charge >= 0.3 is 6.11 Å². The molecule has 2 saturated carbocycles. The van der Waals surface area contributed by atoms with E-state index in [1.165, 1.54) is 57.8 Å². The Morgan fingerprint density at radius 3 is 1.76 bits per heavy atom. The molecular weight excluding hydrogens is 435 g/mol. The third kappa shape index (κ3) is 8.43. The standard InChI is InChI=1S/C24H33F5O.C3H8/c1-2-3-4-5-16-6-8-17(9-7-16)18-10-12-19(13-11-18)24(28,29)30-20-14-21(25)23(27)22(26)15-20;1-3-2/h14-19H,2-13H2,1H3;3H2,1-2H3. The molecule has 0 bridgehead atoms. The van der Waals surface area contributed by atoms with E-state index >= 15 is 0 Å². The lowest BCUT2D eigenvalue weighted by Crippen LogP contribution is -2.38. The fourth-order valence-corrected chi connectivity index (χ4v) is 5.39. The molecule has 1 nitrogen and oxygen atoms in total. The maximum absolute atomic E-state index is 14.6. The monoisotopic (exact) mass is 476 g/mol. The molecule has 0 unspecified atom stereocenters. The van der Waals surface area contributed by atoms with Gasteiger partial charge in [0.2, 0.25) is 0 Å². The molecule has 1 aromatic rings. The Morgan fingerprint density at radius 2 is 1.27 bits per heavy atom. The van der Waals surface area contributed by atoms with Crippen molar-refractivity contribution < 1.29 is 26.7 Å². The highest BCUT2D eigenvalue weighted by atomic mass is 19.3. The van der Waals surface area contributed by atoms with Crippen LogP contribution in [0.5, 0.6) is 5.75 Å². The normalized spacial score (nSPS) is 25.8. The van der Waals surface area contributed by atoms with Gasteiger partial charge in [-0.15, -0.1) is 0 Å². The van der Waals surface area contributed by atoms with E-state index in [1.807, 2.05) is 0 Å². The van der Waals surface area contributed by atoms with E-state index in [4.69, 9.17) is 0 Å². The highest BCUT2D eigenvalue weighted by Crippen LogP contribution is 2.46. The SMILES string of the molecule is CCC.CCCCCC1CCC(C2CCC(C(F)(F)Oc3cc(F)c(F)c(F)c3)CC2)CC1. The summed E-state index contributed by atoms with van der Waals surface area (Å²) in [6, 6.07) is 0.938. The molecular formula is C27H41F5O. The van der Waals surface area contributed by atoms with Crippen LogP contribution < -0.4 is 4.74 Å². The first-order valence-corrected chi connectivity index (χ1v) is 12.9. The first-order chi connectivity index (χ1) is 15.7. The number of benzene rings is 1. The van der Waals surface area contributed by atoms with E-state index in [-0.39, 0.29) is 0 Å². The molecule has 2 aliphatic carbocycles. The summed E-state index contributed by atoms with van der Waals surface area (Å²) in [5.41, 5.74) is 0. The van der Waals surface area contributed by atoms with Gasteiger partial charge in [0, 0.05) is 12.1 Å². The van der Waals surface area contributed by atoms with Crippen molar-refractivity contribution in [2.75, 3.05) is 0 Å². The summed E-state index contributed by atoms with van der Waals surface area (Å²) in [7, 11) is 0. The lowest BCUT2D eigenvalue weighted by atomic mass is 9.68. The second-order valence-corrected chi connectivity index (χ2v) is 9.96. The van der Waals surface area contributed by atoms with Crippen LogP contribution in [0.2, 0.25) is 0 Å². The van der Waals surface area contributed by atoms with Crippen LogP contribution in [-0.4, -0.2) is 6.11 Å². The summed E-state index contributed by atoms with van der Waals surface area (Å²) in [6.07, 6.45) is 9.97. The van der Waals surface area contributed by atoms with E-state index in [1.54, 1.807) is 0 Å². The number of unbranched alkanes of at least 4 members (excludes halogenated alkanes) is 2. The van der Waals surface area contributed by atoms with Crippen LogP contribution in [0.1, 0.15) is 104 Å². The smallest absolute Gasteiger partial charge is 0.400 e. The summed E-state index contributed by atoms with van der Waals surface area (Å²) in [5, 5.41) is 0. The molecule has 1 aromatic carbocycles. The molecule has 2 aliphatic rings. The molecule has 3 rings (SSSR count). The van der Waals surface area contributed by atoms with Crippen molar-refractivity contribution in [1.82, 2.24) is 0 Å². The van der Waals surface area contributed by atoms with Crippen LogP contribution >= 0.6 is 0 Å². The first-order valence-electron chi connectivity index (χ1n) is 12.9. The number of alkyl halides is 2. The zero-order chi connectivity index (χ0) is 24.4. The zero-order valence-corrected chi connectivity index (χ0v) is 20.5. The Bertz CT molecular complexity index is 669. The van der Waals surface area contributed by atoms with Gasteiger partial charge in [-0.1, -0.05) is 65.7 Å². The van der Waals surface area contributed by atoms with E-state index in [0.717, 1.165) is 18.8 Å². The largest absolute Gasteiger partial charge is 0.432 e. The van der Waals surface area contributed by atoms with Gasteiger partial charge in [0.05, 0.1) is 5.92 Å². The summed E-state index contributed by atoms with van der Waals surface area (Å²) in [5.74, 6) is -4.48. The highest BCUT2D eigenvalue weighted by Gasteiger charge is 2.45. The summed E-state index contributed by atoms with van der Waals surface area (Å²) in [6.45, 7) is 6.47. The molecule has 0 spiro atoms. The Kier molecular flexibility index (Phi) is 11.4. The van der Waals surface area contributed by atoms with Crippen molar-refractivity contribution in [2.45, 2.75) is 110 Å². The third-order valence-electron chi connectivity index (χ3n) is 7.23. The Balaban J connectivity index is 0.00000122. The number of halogens is 5. The molecule has 0 aliphatic heterocycles. The second kappa shape index (κ2) is 13.5. The Hall–Kier alpha value is -1.33. The molecule has 0 saturated heterocycles. The molecule has 2 fully saturated rings. The molecule has 0 amide bonds. The topological polar surface area (TPSA) is 9.23 Å². The minimum absolute atomic E-state index is 0.334. The van der Waals surface area contributed by atoms with Gasteiger partial charge in [-0.2, -0.15) is 8.78 Å². The second-order valence-electron chi connectivity index (χ2n) is 9.96. The van der Waals surface area contributed by atoms with E-state index < -0.39 is 35.2 Å². The maximum Gasteiger partial charge on any atom is 0.400 e. The van der Waals surface area contributed by atoms with Crippen LogP contribution in [0.25, 0.3) is 0 Å². The summed E-state index contributed by atoms with van der Waals surface area (Å²) < 4.78 is 73.4. The number of ether oxygens (including phenoxy) is 1. The number of rotatable bonds is 8. The van der Waals surface area contributed by atoms with Crippen molar-refractivity contribution in [3.63, 3.8) is 0 Å². The molecule has 0 radical (unpaired) electrons. The molecule has 190 valence electrons. The van der Waals surface area contributed by atoms with Crippen LogP contribution in [-0.2, 0) is 0 Å². The van der Waals surface area contributed by atoms with Crippen LogP contribution in [0.3, 0.4) is 0 Å². The van der Waals surface area contributed by atoms with Gasteiger partial charge in [0.1, 0.15) is 5.75 Å². The predicted molar refractivity (Wildman–Crippen MR) is 123 cm³/mol. The molecule has 0 atom stereocenters. The molecule has 6 heteroatoms. The minimum Gasteiger partial charge on any atom is -0.432 e. The molecule has 0 N–H and O–H groups in total. The molecule has 0 heterocycles. The summed E-state index contributed by atoms with van der Waals surface area (Å²) in [4.78, 5) is 0. The fourth-order valence-electron chi connectivity index (χ4n) is 5.39. The average molecular weight is 477 g/mol. The first kappa shape index (κ1) is 27.9. The van der Waals surface area contributed by atoms with Crippen molar-refractivity contribution in [3.05, 3.63) is 29.6 Å². The fraction of sp³-hybridized carbons (Fsp3) is 0.778. The quantitative estimate of drug-likeness (QED) is 0.206. The number of hydrogen-bond acceptors (Lipinski definition) is 1. The van der Waals surface area contributed by atoms with Gasteiger partial charge in [-0.25, -0.2) is 13.2 Å². The van der Waals surface area contributed by atoms with Crippen molar-refractivity contribution in [1.29, 1.82) is 0 Å². The van der Waals surface area contributed by atoms with Crippen LogP contribution in [0, 0.1) is 41.1 Å². The lowest BCUT2D eigenvalue weighted by Gasteiger charge is -2.39. The van der Waals surface area contributed by atoms with Crippen molar-refractivity contribution >= 4 is 0 Å². The van der Waals surface area contributed by atoms with Gasteiger partial charge in [0.25, 0.3) is 0 Å². The minimum atomic E-state index is -3.53. The Morgan fingerprint density at radius 1 is 0.788 bits per heavy atom. The van der Waals surface area contributed by atoms with Crippen molar-refractivity contribution in [3.8, 4) is 5.75 Å². The van der Waals surface area contributed by atoms with Gasteiger partial charge in [0.15, 0.2) is 17.5 Å². The maximum atomic E-state index is 14.6. The zero-order valence-electron chi connectivity index (χ0n) is 20.5. The van der Waals surface area contributed by atoms with Gasteiger partial charge in [-0.3, -0.25) is 0 Å². The Labute approximate surface area is 196 Å². The van der Waals surface area contributed by atoms with Crippen LogP contribution in [0.4, 0.5) is 22.0 Å². The number of hydrogen-bond donors (Lipinski definition) is 0. The van der Waals surface area contributed by atoms with Crippen molar-refractivity contribution in [2.24, 2.45) is 23.7 Å². The average Bonchev–Trinajstić information content (AvgIpc) is 2.78. The van der Waals surface area contributed by atoms with E-state index in [9.17, 15) is 22.0 Å². The third-order valence-corrected chi connectivity index (χ3v) is 7.23. The highest BCUT2D eigenvalue weighted by molar-refractivity contribution is 5.25. The summed E-state index contributed by atoms with van der Waals surface area (Å²) >= 11 is 0. The lowest BCUT2D eigenvalue weighted by molar-refractivity contribution is -0.224. The van der Waals surface area contributed by atoms with Crippen LogP contribution in [0.15, 0.2) is 12.1 Å². The predicted octanol–water partition coefficient (Wildman–Crippen LogP) is 9.68.